The van der Waals surface area contributed by atoms with E-state index in [0.717, 1.165) is 6.20 Å². The van der Waals surface area contributed by atoms with E-state index >= 15 is 0 Å². The van der Waals surface area contributed by atoms with Crippen molar-refractivity contribution in [3.8, 4) is 11.5 Å². The van der Waals surface area contributed by atoms with Gasteiger partial charge < -0.3 is 5.11 Å². The molecule has 2 heterocycles. The van der Waals surface area contributed by atoms with Crippen LogP contribution in [0.25, 0.3) is 11.5 Å². The zero-order valence-electron chi connectivity index (χ0n) is 8.79. The molecule has 0 aliphatic carbocycles. The van der Waals surface area contributed by atoms with Gasteiger partial charge in [0.2, 0.25) is 0 Å². The van der Waals surface area contributed by atoms with Crippen LogP contribution in [-0.2, 0) is 0 Å². The van der Waals surface area contributed by atoms with Gasteiger partial charge in [-0.2, -0.15) is 0 Å². The van der Waals surface area contributed by atoms with Crippen molar-refractivity contribution < 1.29 is 18.7 Å². The van der Waals surface area contributed by atoms with Crippen molar-refractivity contribution in [3.05, 3.63) is 36.0 Å². The summed E-state index contributed by atoms with van der Waals surface area (Å²) >= 11 is 0. The minimum Gasteiger partial charge on any atom is -0.478 e. The fourth-order valence-corrected chi connectivity index (χ4v) is 1.26. The Labute approximate surface area is 99.4 Å². The first kappa shape index (κ1) is 12.0. The number of hydrogen-bond donors (Lipinski definition) is 1. The predicted octanol–water partition coefficient (Wildman–Crippen LogP) is 1.57. The maximum Gasteiger partial charge on any atom is 0.339 e. The fraction of sp³-hybridized carbons (Fsp3) is 0.100. The fourth-order valence-electron chi connectivity index (χ4n) is 1.26. The van der Waals surface area contributed by atoms with Crippen molar-refractivity contribution >= 4 is 5.97 Å². The Morgan fingerprint density at radius 1 is 1.22 bits per heavy atom. The van der Waals surface area contributed by atoms with E-state index in [1.54, 1.807) is 0 Å². The molecule has 0 amide bonds. The van der Waals surface area contributed by atoms with Crippen LogP contribution in [0.15, 0.2) is 24.8 Å². The second-order valence-corrected chi connectivity index (χ2v) is 3.19. The first-order valence-electron chi connectivity index (χ1n) is 4.74. The Hall–Kier alpha value is -2.51. The number of halogens is 2. The zero-order valence-corrected chi connectivity index (χ0v) is 8.79. The summed E-state index contributed by atoms with van der Waals surface area (Å²) in [5.74, 6) is -1.60. The number of aromatic nitrogens is 4. The number of hydrogen-bond acceptors (Lipinski definition) is 5. The van der Waals surface area contributed by atoms with Crippen LogP contribution in [0.5, 0.6) is 0 Å². The second-order valence-electron chi connectivity index (χ2n) is 3.19. The Balaban J connectivity index is 2.54. The summed E-state index contributed by atoms with van der Waals surface area (Å²) in [5, 5.41) is 8.73. The van der Waals surface area contributed by atoms with Crippen molar-refractivity contribution in [2.75, 3.05) is 0 Å². The molecule has 0 fully saturated rings. The molecule has 0 spiro atoms. The third-order valence-electron chi connectivity index (χ3n) is 2.05. The third kappa shape index (κ3) is 2.26. The molecule has 0 aliphatic rings. The number of alkyl halides is 2. The summed E-state index contributed by atoms with van der Waals surface area (Å²) in [4.78, 5) is 25.5. The molecule has 0 aromatic carbocycles. The molecule has 92 valence electrons. The van der Waals surface area contributed by atoms with E-state index in [4.69, 9.17) is 5.11 Å². The maximum absolute atomic E-state index is 12.7. The van der Waals surface area contributed by atoms with Gasteiger partial charge in [-0.25, -0.2) is 28.5 Å². The molecule has 0 atom stereocenters. The topological polar surface area (TPSA) is 88.9 Å². The van der Waals surface area contributed by atoms with E-state index in [0.29, 0.717) is 0 Å². The van der Waals surface area contributed by atoms with Gasteiger partial charge in [-0.05, 0) is 0 Å². The molecule has 1 N–H and O–H groups in total. The van der Waals surface area contributed by atoms with Crippen LogP contribution in [0.1, 0.15) is 22.5 Å². The lowest BCUT2D eigenvalue weighted by molar-refractivity contribution is 0.0681. The molecule has 6 nitrogen and oxygen atoms in total. The molecular weight excluding hydrogens is 246 g/mol. The number of nitrogens with zero attached hydrogens (tertiary/aromatic N) is 4. The van der Waals surface area contributed by atoms with Gasteiger partial charge in [-0.1, -0.05) is 0 Å². The summed E-state index contributed by atoms with van der Waals surface area (Å²) in [7, 11) is 0. The van der Waals surface area contributed by atoms with Crippen molar-refractivity contribution in [1.82, 2.24) is 19.9 Å². The van der Waals surface area contributed by atoms with Gasteiger partial charge in [-0.15, -0.1) is 0 Å². The van der Waals surface area contributed by atoms with Crippen LogP contribution >= 0.6 is 0 Å². The Morgan fingerprint density at radius 3 is 2.56 bits per heavy atom. The average molecular weight is 252 g/mol. The van der Waals surface area contributed by atoms with E-state index in [1.165, 1.54) is 18.6 Å². The van der Waals surface area contributed by atoms with Crippen LogP contribution < -0.4 is 0 Å². The minimum absolute atomic E-state index is 0.0941. The van der Waals surface area contributed by atoms with Gasteiger partial charge >= 0.3 is 5.97 Å². The van der Waals surface area contributed by atoms with E-state index in [-0.39, 0.29) is 11.5 Å². The molecule has 18 heavy (non-hydrogen) atoms. The number of carboxylic acid groups (broad SMARTS) is 1. The molecule has 0 bridgehead atoms. The number of carboxylic acids is 1. The van der Waals surface area contributed by atoms with Gasteiger partial charge in [0.1, 0.15) is 17.0 Å². The van der Waals surface area contributed by atoms with Crippen LogP contribution in [0, 0.1) is 0 Å². The van der Waals surface area contributed by atoms with E-state index in [1.807, 2.05) is 0 Å². The predicted molar refractivity (Wildman–Crippen MR) is 55.0 cm³/mol. The monoisotopic (exact) mass is 252 g/mol. The van der Waals surface area contributed by atoms with E-state index < -0.39 is 23.7 Å². The highest BCUT2D eigenvalue weighted by Gasteiger charge is 2.21. The minimum atomic E-state index is -3.01. The van der Waals surface area contributed by atoms with E-state index in [2.05, 4.69) is 19.9 Å². The SMILES string of the molecule is O=C(O)c1cnc(-c2cnccn2)nc1C(F)F. The highest BCUT2D eigenvalue weighted by Crippen LogP contribution is 2.22. The molecule has 0 unspecified atom stereocenters. The normalized spacial score (nSPS) is 10.6. The molecule has 0 radical (unpaired) electrons. The molecule has 0 saturated carbocycles. The lowest BCUT2D eigenvalue weighted by Gasteiger charge is -2.05. The first-order valence-corrected chi connectivity index (χ1v) is 4.74. The maximum atomic E-state index is 12.7. The van der Waals surface area contributed by atoms with Gasteiger partial charge in [0.25, 0.3) is 6.43 Å². The molecule has 2 aromatic rings. The van der Waals surface area contributed by atoms with Crippen LogP contribution in [0.4, 0.5) is 8.78 Å². The summed E-state index contributed by atoms with van der Waals surface area (Å²) in [6.07, 6.45) is 1.88. The van der Waals surface area contributed by atoms with Gasteiger partial charge in [0, 0.05) is 18.6 Å². The molecule has 8 heteroatoms. The van der Waals surface area contributed by atoms with Crippen LogP contribution in [0.2, 0.25) is 0 Å². The summed E-state index contributed by atoms with van der Waals surface area (Å²) in [6, 6.07) is 0. The molecule has 0 saturated heterocycles. The Kier molecular flexibility index (Phi) is 3.18. The largest absolute Gasteiger partial charge is 0.478 e. The third-order valence-corrected chi connectivity index (χ3v) is 2.05. The molecule has 2 rings (SSSR count). The van der Waals surface area contributed by atoms with Crippen molar-refractivity contribution in [1.29, 1.82) is 0 Å². The standard InChI is InChI=1S/C10H6F2N4O2/c11-8(12)7-5(10(17)18)3-15-9(16-7)6-4-13-1-2-14-6/h1-4,8H,(H,17,18). The van der Waals surface area contributed by atoms with Crippen molar-refractivity contribution in [2.24, 2.45) is 0 Å². The lowest BCUT2D eigenvalue weighted by Crippen LogP contribution is -2.08. The van der Waals surface area contributed by atoms with Crippen molar-refractivity contribution in [2.45, 2.75) is 6.43 Å². The van der Waals surface area contributed by atoms with Gasteiger partial charge in [0.05, 0.1) is 6.20 Å². The van der Waals surface area contributed by atoms with Gasteiger partial charge in [-0.3, -0.25) is 4.98 Å². The highest BCUT2D eigenvalue weighted by molar-refractivity contribution is 5.88. The summed E-state index contributed by atoms with van der Waals surface area (Å²) in [6.45, 7) is 0. The first-order chi connectivity index (χ1) is 8.59. The number of carbonyl (C=O) groups is 1. The number of rotatable bonds is 3. The smallest absolute Gasteiger partial charge is 0.339 e. The van der Waals surface area contributed by atoms with Crippen molar-refractivity contribution in [3.63, 3.8) is 0 Å². The summed E-state index contributed by atoms with van der Waals surface area (Å²) < 4.78 is 25.4. The molecular formula is C10H6F2N4O2. The van der Waals surface area contributed by atoms with E-state index in [9.17, 15) is 13.6 Å². The number of aromatic carboxylic acids is 1. The molecule has 2 aromatic heterocycles. The lowest BCUT2D eigenvalue weighted by atomic mass is 10.2. The Bertz CT molecular complexity index is 577. The average Bonchev–Trinajstić information content (AvgIpc) is 2.39. The van der Waals surface area contributed by atoms with Crippen LogP contribution in [0.3, 0.4) is 0 Å². The second kappa shape index (κ2) is 4.78. The summed E-state index contributed by atoms with van der Waals surface area (Å²) in [5.41, 5.74) is -1.27. The van der Waals surface area contributed by atoms with Gasteiger partial charge in [0.15, 0.2) is 5.82 Å². The molecule has 0 aliphatic heterocycles. The highest BCUT2D eigenvalue weighted by atomic mass is 19.3. The zero-order chi connectivity index (χ0) is 13.1. The Morgan fingerprint density at radius 2 is 2.00 bits per heavy atom. The van der Waals surface area contributed by atoms with Crippen LogP contribution in [-0.4, -0.2) is 31.0 Å². The quantitative estimate of drug-likeness (QED) is 0.891.